The van der Waals surface area contributed by atoms with E-state index in [0.717, 1.165) is 22.2 Å². The number of carbonyl (C=O) groups is 1. The van der Waals surface area contributed by atoms with Gasteiger partial charge in [-0.3, -0.25) is 4.79 Å². The van der Waals surface area contributed by atoms with Gasteiger partial charge in [0, 0.05) is 28.2 Å². The summed E-state index contributed by atoms with van der Waals surface area (Å²) in [4.78, 5) is 23.7. The largest absolute Gasteiger partial charge is 0.480 e. The molecule has 0 radical (unpaired) electrons. The van der Waals surface area contributed by atoms with Crippen molar-refractivity contribution in [1.82, 2.24) is 25.4 Å². The van der Waals surface area contributed by atoms with E-state index in [1.807, 2.05) is 18.2 Å². The number of halogens is 1. The number of aromatic nitrogens is 4. The lowest BCUT2D eigenvalue weighted by atomic mass is 10.1. The zero-order valence-electron chi connectivity index (χ0n) is 14.2. The number of nitrogens with one attached hydrogen (secondary N) is 2. The van der Waals surface area contributed by atoms with Gasteiger partial charge in [-0.15, -0.1) is 0 Å². The molecule has 0 aliphatic heterocycles. The van der Waals surface area contributed by atoms with Gasteiger partial charge in [-0.2, -0.15) is 0 Å². The first-order chi connectivity index (χ1) is 13.1. The number of H-pyrrole nitrogens is 1. The lowest BCUT2D eigenvalue weighted by Gasteiger charge is -2.05. The molecule has 1 amide bonds. The molecule has 3 aromatic heterocycles. The molecule has 0 atom stereocenters. The van der Waals surface area contributed by atoms with E-state index < -0.39 is 0 Å². The van der Waals surface area contributed by atoms with Crippen LogP contribution in [-0.4, -0.2) is 33.1 Å². The van der Waals surface area contributed by atoms with E-state index in [1.165, 1.54) is 25.6 Å². The lowest BCUT2D eigenvalue weighted by Crippen LogP contribution is -2.22. The molecule has 0 aliphatic rings. The van der Waals surface area contributed by atoms with E-state index in [9.17, 15) is 4.79 Å². The number of ether oxygens (including phenoxy) is 1. The predicted octanol–water partition coefficient (Wildman–Crippen LogP) is 3.20. The average Bonchev–Trinajstić information content (AvgIpc) is 3.35. The van der Waals surface area contributed by atoms with Crippen molar-refractivity contribution < 1.29 is 14.1 Å². The van der Waals surface area contributed by atoms with Crippen molar-refractivity contribution in [3.8, 4) is 17.1 Å². The monoisotopic (exact) mass is 383 g/mol. The number of aromatic amines is 1. The number of hydrogen-bond acceptors (Lipinski definition) is 6. The molecule has 9 heteroatoms. The van der Waals surface area contributed by atoms with Gasteiger partial charge in [0.2, 0.25) is 11.6 Å². The summed E-state index contributed by atoms with van der Waals surface area (Å²) >= 11 is 6.41. The Labute approximate surface area is 158 Å². The second-order valence-electron chi connectivity index (χ2n) is 5.72. The molecule has 0 saturated heterocycles. The molecule has 4 rings (SSSR count). The summed E-state index contributed by atoms with van der Waals surface area (Å²) in [6, 6.07) is 7.17. The summed E-state index contributed by atoms with van der Waals surface area (Å²) in [5, 5.41) is 7.76. The molecule has 136 valence electrons. The summed E-state index contributed by atoms with van der Waals surface area (Å²) in [5.74, 6) is 0.258. The maximum atomic E-state index is 11.9. The molecule has 8 nitrogen and oxygen atoms in total. The highest BCUT2D eigenvalue weighted by Crippen LogP contribution is 2.31. The van der Waals surface area contributed by atoms with Gasteiger partial charge >= 0.3 is 0 Å². The third-order valence-corrected chi connectivity index (χ3v) is 4.29. The van der Waals surface area contributed by atoms with Crippen LogP contribution in [0.3, 0.4) is 0 Å². The van der Waals surface area contributed by atoms with Gasteiger partial charge in [-0.05, 0) is 18.2 Å². The number of carbonyl (C=O) groups excluding carboxylic acids is 1. The Kier molecular flexibility index (Phi) is 4.47. The second kappa shape index (κ2) is 7.08. The van der Waals surface area contributed by atoms with Gasteiger partial charge in [0.25, 0.3) is 5.91 Å². The molecule has 27 heavy (non-hydrogen) atoms. The first-order valence-electron chi connectivity index (χ1n) is 8.00. The lowest BCUT2D eigenvalue weighted by molar-refractivity contribution is 0.0913. The van der Waals surface area contributed by atoms with Crippen LogP contribution < -0.4 is 10.1 Å². The number of rotatable bonds is 5. The summed E-state index contributed by atoms with van der Waals surface area (Å²) in [5.41, 5.74) is 3.08. The maximum Gasteiger partial charge on any atom is 0.290 e. The molecule has 1 aromatic carbocycles. The number of nitrogens with zero attached hydrogens (tertiary/aromatic N) is 3. The third-order valence-electron chi connectivity index (χ3n) is 3.98. The number of methoxy groups -OCH3 is 1. The van der Waals surface area contributed by atoms with E-state index in [-0.39, 0.29) is 11.7 Å². The van der Waals surface area contributed by atoms with Crippen LogP contribution in [0.25, 0.3) is 22.2 Å². The SMILES string of the molecule is COc1cnc(-c2cc3[nH]c(CNC(=O)c4ccno4)cc3cc2Cl)cn1. The molecule has 0 bridgehead atoms. The predicted molar refractivity (Wildman–Crippen MR) is 98.6 cm³/mol. The quantitative estimate of drug-likeness (QED) is 0.548. The van der Waals surface area contributed by atoms with E-state index in [4.69, 9.17) is 20.9 Å². The molecular weight excluding hydrogens is 370 g/mol. The van der Waals surface area contributed by atoms with Crippen LogP contribution in [0, 0.1) is 0 Å². The maximum absolute atomic E-state index is 11.9. The summed E-state index contributed by atoms with van der Waals surface area (Å²) in [6.45, 7) is 0.309. The fourth-order valence-corrected chi connectivity index (χ4v) is 2.93. The second-order valence-corrected chi connectivity index (χ2v) is 6.12. The molecular formula is C18H14ClN5O3. The standard InChI is InChI=1S/C18H14ClN5O3/c1-26-17-9-20-15(8-21-17)12-6-14-10(5-13(12)19)4-11(24-14)7-22-18(25)16-2-3-23-27-16/h2-6,8-9,24H,7H2,1H3,(H,22,25). The van der Waals surface area contributed by atoms with Gasteiger partial charge in [-0.1, -0.05) is 16.8 Å². The first-order valence-corrected chi connectivity index (χ1v) is 8.38. The van der Waals surface area contributed by atoms with Crippen molar-refractivity contribution in [1.29, 1.82) is 0 Å². The highest BCUT2D eigenvalue weighted by atomic mass is 35.5. The molecule has 0 spiro atoms. The van der Waals surface area contributed by atoms with Crippen LogP contribution in [0.4, 0.5) is 0 Å². The molecule has 0 aliphatic carbocycles. The van der Waals surface area contributed by atoms with Crippen LogP contribution in [0.2, 0.25) is 5.02 Å². The Morgan fingerprint density at radius 3 is 2.89 bits per heavy atom. The summed E-state index contributed by atoms with van der Waals surface area (Å²) in [6.07, 6.45) is 4.56. The molecule has 3 heterocycles. The average molecular weight is 384 g/mol. The summed E-state index contributed by atoms with van der Waals surface area (Å²) < 4.78 is 9.85. The van der Waals surface area contributed by atoms with Gasteiger partial charge in [-0.25, -0.2) is 9.97 Å². The molecule has 0 unspecified atom stereocenters. The Hall–Kier alpha value is -3.39. The molecule has 0 fully saturated rings. The molecule has 4 aromatic rings. The Bertz CT molecular complexity index is 1090. The highest BCUT2D eigenvalue weighted by molar-refractivity contribution is 6.34. The smallest absolute Gasteiger partial charge is 0.290 e. The minimum atomic E-state index is -0.335. The van der Waals surface area contributed by atoms with E-state index in [2.05, 4.69) is 25.4 Å². The van der Waals surface area contributed by atoms with Gasteiger partial charge in [0.05, 0.1) is 43.0 Å². The van der Waals surface area contributed by atoms with Crippen LogP contribution in [-0.2, 0) is 6.54 Å². The minimum absolute atomic E-state index is 0.162. The van der Waals surface area contributed by atoms with Crippen LogP contribution >= 0.6 is 11.6 Å². The number of fused-ring (bicyclic) bond motifs is 1. The fourth-order valence-electron chi connectivity index (χ4n) is 2.66. The Balaban J connectivity index is 1.58. The summed E-state index contributed by atoms with van der Waals surface area (Å²) in [7, 11) is 1.53. The third kappa shape index (κ3) is 3.47. The first kappa shape index (κ1) is 17.0. The zero-order valence-corrected chi connectivity index (χ0v) is 14.9. The van der Waals surface area contributed by atoms with E-state index in [1.54, 1.807) is 6.20 Å². The van der Waals surface area contributed by atoms with Crippen LogP contribution in [0.15, 0.2) is 47.4 Å². The van der Waals surface area contributed by atoms with Gasteiger partial charge < -0.3 is 19.6 Å². The van der Waals surface area contributed by atoms with Crippen molar-refractivity contribution in [3.05, 3.63) is 59.3 Å². The number of hydrogen-bond donors (Lipinski definition) is 2. The van der Waals surface area contributed by atoms with Crippen LogP contribution in [0.1, 0.15) is 16.2 Å². The van der Waals surface area contributed by atoms with Gasteiger partial charge in [0.1, 0.15) is 0 Å². The topological polar surface area (TPSA) is 106 Å². The number of benzene rings is 1. The van der Waals surface area contributed by atoms with Crippen molar-refractivity contribution in [2.24, 2.45) is 0 Å². The normalized spacial score (nSPS) is 10.9. The van der Waals surface area contributed by atoms with Crippen molar-refractivity contribution >= 4 is 28.4 Å². The zero-order chi connectivity index (χ0) is 18.8. The van der Waals surface area contributed by atoms with Crippen LogP contribution in [0.5, 0.6) is 5.88 Å². The Morgan fingerprint density at radius 2 is 2.19 bits per heavy atom. The molecule has 2 N–H and O–H groups in total. The number of amides is 1. The Morgan fingerprint density at radius 1 is 1.30 bits per heavy atom. The fraction of sp³-hybridized carbons (Fsp3) is 0.111. The minimum Gasteiger partial charge on any atom is -0.480 e. The van der Waals surface area contributed by atoms with Gasteiger partial charge in [0.15, 0.2) is 0 Å². The highest BCUT2D eigenvalue weighted by Gasteiger charge is 2.12. The van der Waals surface area contributed by atoms with Crippen molar-refractivity contribution in [2.75, 3.05) is 7.11 Å². The molecule has 0 saturated carbocycles. The van der Waals surface area contributed by atoms with E-state index in [0.29, 0.717) is 23.1 Å². The van der Waals surface area contributed by atoms with E-state index >= 15 is 0 Å². The van der Waals surface area contributed by atoms with Crippen molar-refractivity contribution in [3.63, 3.8) is 0 Å². The van der Waals surface area contributed by atoms with Crippen molar-refractivity contribution in [2.45, 2.75) is 6.54 Å².